The van der Waals surface area contributed by atoms with Crippen LogP contribution in [0.4, 0.5) is 4.39 Å². The molecule has 0 radical (unpaired) electrons. The van der Waals surface area contributed by atoms with Gasteiger partial charge in [0.1, 0.15) is 11.5 Å². The molecule has 29 heavy (non-hydrogen) atoms. The maximum absolute atomic E-state index is 13.1. The van der Waals surface area contributed by atoms with Crippen LogP contribution in [0.5, 0.6) is 0 Å². The van der Waals surface area contributed by atoms with Crippen LogP contribution in [0.2, 0.25) is 0 Å². The lowest BCUT2D eigenvalue weighted by Crippen LogP contribution is -2.45. The normalized spacial score (nSPS) is 16.6. The average Bonchev–Trinajstić information content (AvgIpc) is 2.75. The van der Waals surface area contributed by atoms with Crippen molar-refractivity contribution in [2.75, 3.05) is 26.2 Å². The van der Waals surface area contributed by atoms with Gasteiger partial charge in [-0.25, -0.2) is 4.39 Å². The van der Waals surface area contributed by atoms with Gasteiger partial charge >= 0.3 is 0 Å². The molecule has 2 aromatic carbocycles. The van der Waals surface area contributed by atoms with Gasteiger partial charge < -0.3 is 15.3 Å². The second-order valence-electron chi connectivity index (χ2n) is 7.52. The first-order valence-electron chi connectivity index (χ1n) is 9.88. The van der Waals surface area contributed by atoms with Crippen molar-refractivity contribution < 1.29 is 14.3 Å². The average molecular weight is 393 g/mol. The van der Waals surface area contributed by atoms with Crippen molar-refractivity contribution in [3.63, 3.8) is 0 Å². The summed E-state index contributed by atoms with van der Waals surface area (Å²) in [5.74, 6) is -0.479. The maximum atomic E-state index is 13.1. The van der Waals surface area contributed by atoms with E-state index in [1.807, 2.05) is 30.3 Å². The molecule has 0 spiro atoms. The van der Waals surface area contributed by atoms with E-state index in [1.54, 1.807) is 18.3 Å². The molecule has 0 aliphatic carbocycles. The number of carbonyl (C=O) groups excluding carboxylic acids is 1. The minimum Gasteiger partial charge on any atom is -0.385 e. The monoisotopic (exact) mass is 393 g/mol. The molecule has 4 rings (SSSR count). The van der Waals surface area contributed by atoms with Gasteiger partial charge in [-0.3, -0.25) is 9.78 Å². The van der Waals surface area contributed by atoms with Crippen LogP contribution in [0.25, 0.3) is 10.8 Å². The molecule has 0 atom stereocenters. The molecule has 6 heteroatoms. The van der Waals surface area contributed by atoms with E-state index in [4.69, 9.17) is 0 Å². The number of benzene rings is 2. The Labute approximate surface area is 169 Å². The predicted octanol–water partition coefficient (Wildman–Crippen LogP) is 3.09. The SMILES string of the molecule is O=C(NCCN1CCC(O)(c2ccc(F)cc2)CC1)c1nccc2ccccc12. The maximum Gasteiger partial charge on any atom is 0.270 e. The van der Waals surface area contributed by atoms with Gasteiger partial charge in [-0.1, -0.05) is 36.4 Å². The number of hydrogen-bond donors (Lipinski definition) is 2. The minimum atomic E-state index is -0.916. The Balaban J connectivity index is 1.29. The zero-order chi connectivity index (χ0) is 20.3. The first kappa shape index (κ1) is 19.5. The number of aliphatic hydroxyl groups is 1. The van der Waals surface area contributed by atoms with Gasteiger partial charge in [-0.2, -0.15) is 0 Å². The van der Waals surface area contributed by atoms with Gasteiger partial charge in [-0.05, 0) is 42.0 Å². The first-order valence-corrected chi connectivity index (χ1v) is 9.88. The summed E-state index contributed by atoms with van der Waals surface area (Å²) in [5, 5.41) is 15.7. The van der Waals surface area contributed by atoms with Crippen LogP contribution < -0.4 is 5.32 Å². The lowest BCUT2D eigenvalue weighted by molar-refractivity contribution is -0.0255. The Morgan fingerprint density at radius 2 is 1.83 bits per heavy atom. The summed E-state index contributed by atoms with van der Waals surface area (Å²) in [4.78, 5) is 19.0. The molecule has 0 saturated carbocycles. The summed E-state index contributed by atoms with van der Waals surface area (Å²) >= 11 is 0. The van der Waals surface area contributed by atoms with E-state index < -0.39 is 5.60 Å². The van der Waals surface area contributed by atoms with E-state index in [1.165, 1.54) is 12.1 Å². The number of hydrogen-bond acceptors (Lipinski definition) is 4. The number of fused-ring (bicyclic) bond motifs is 1. The number of piperidine rings is 1. The Morgan fingerprint density at radius 3 is 2.59 bits per heavy atom. The van der Waals surface area contributed by atoms with Crippen LogP contribution in [0.1, 0.15) is 28.9 Å². The molecule has 2 heterocycles. The molecule has 1 amide bonds. The molecule has 1 saturated heterocycles. The molecule has 1 aliphatic heterocycles. The second-order valence-corrected chi connectivity index (χ2v) is 7.52. The van der Waals surface area contributed by atoms with Gasteiger partial charge in [-0.15, -0.1) is 0 Å². The van der Waals surface area contributed by atoms with E-state index >= 15 is 0 Å². The number of amides is 1. The molecule has 150 valence electrons. The Bertz CT molecular complexity index is 993. The Kier molecular flexibility index (Phi) is 5.56. The van der Waals surface area contributed by atoms with E-state index in [0.717, 1.165) is 29.4 Å². The summed E-state index contributed by atoms with van der Waals surface area (Å²) in [6.07, 6.45) is 2.81. The molecule has 1 fully saturated rings. The summed E-state index contributed by atoms with van der Waals surface area (Å²) in [6.45, 7) is 2.65. The van der Waals surface area contributed by atoms with Crippen molar-refractivity contribution in [2.24, 2.45) is 0 Å². The van der Waals surface area contributed by atoms with E-state index in [0.29, 0.717) is 31.6 Å². The smallest absolute Gasteiger partial charge is 0.270 e. The number of halogens is 1. The van der Waals surface area contributed by atoms with E-state index in [-0.39, 0.29) is 11.7 Å². The first-order chi connectivity index (χ1) is 14.0. The molecule has 5 nitrogen and oxygen atoms in total. The van der Waals surface area contributed by atoms with Crippen LogP contribution in [0, 0.1) is 5.82 Å². The van der Waals surface area contributed by atoms with Gasteiger partial charge in [0, 0.05) is 37.8 Å². The number of nitrogens with one attached hydrogen (secondary N) is 1. The molecule has 2 N–H and O–H groups in total. The van der Waals surface area contributed by atoms with Crippen molar-refractivity contribution in [1.29, 1.82) is 0 Å². The van der Waals surface area contributed by atoms with Crippen LogP contribution >= 0.6 is 0 Å². The van der Waals surface area contributed by atoms with Crippen LogP contribution in [-0.2, 0) is 5.60 Å². The molecule has 0 bridgehead atoms. The zero-order valence-electron chi connectivity index (χ0n) is 16.1. The van der Waals surface area contributed by atoms with Gasteiger partial charge in [0.15, 0.2) is 0 Å². The van der Waals surface area contributed by atoms with Crippen molar-refractivity contribution in [3.8, 4) is 0 Å². The fourth-order valence-corrected chi connectivity index (χ4v) is 3.91. The standard InChI is InChI=1S/C23H24FN3O2/c24-19-7-5-18(6-8-19)23(29)10-14-27(15-11-23)16-13-26-22(28)21-20-4-2-1-3-17(20)9-12-25-21/h1-9,12,29H,10-11,13-16H2,(H,26,28). The molecule has 1 aromatic heterocycles. The fraction of sp³-hybridized carbons (Fsp3) is 0.304. The highest BCUT2D eigenvalue weighted by Crippen LogP contribution is 2.32. The van der Waals surface area contributed by atoms with Crippen LogP contribution in [-0.4, -0.2) is 47.1 Å². The van der Waals surface area contributed by atoms with E-state index in [9.17, 15) is 14.3 Å². The van der Waals surface area contributed by atoms with Crippen molar-refractivity contribution in [2.45, 2.75) is 18.4 Å². The third kappa shape index (κ3) is 4.28. The number of pyridine rings is 1. The zero-order valence-corrected chi connectivity index (χ0v) is 16.1. The highest BCUT2D eigenvalue weighted by atomic mass is 19.1. The van der Waals surface area contributed by atoms with Gasteiger partial charge in [0.2, 0.25) is 0 Å². The van der Waals surface area contributed by atoms with Crippen LogP contribution in [0.3, 0.4) is 0 Å². The largest absolute Gasteiger partial charge is 0.385 e. The second kappa shape index (κ2) is 8.27. The lowest BCUT2D eigenvalue weighted by Gasteiger charge is -2.38. The summed E-state index contributed by atoms with van der Waals surface area (Å²) in [6, 6.07) is 15.7. The molecular formula is C23H24FN3O2. The fourth-order valence-electron chi connectivity index (χ4n) is 3.91. The summed E-state index contributed by atoms with van der Waals surface area (Å²) in [5.41, 5.74) is 0.279. The topological polar surface area (TPSA) is 65.5 Å². The number of nitrogens with zero attached hydrogens (tertiary/aromatic N) is 2. The molecule has 0 unspecified atom stereocenters. The van der Waals surface area contributed by atoms with Crippen molar-refractivity contribution in [3.05, 3.63) is 77.9 Å². The van der Waals surface area contributed by atoms with Crippen molar-refractivity contribution in [1.82, 2.24) is 15.2 Å². The molecular weight excluding hydrogens is 369 g/mol. The van der Waals surface area contributed by atoms with Crippen molar-refractivity contribution >= 4 is 16.7 Å². The third-order valence-electron chi connectivity index (χ3n) is 5.67. The lowest BCUT2D eigenvalue weighted by atomic mass is 9.84. The van der Waals surface area contributed by atoms with E-state index in [2.05, 4.69) is 15.2 Å². The number of rotatable bonds is 5. The summed E-state index contributed by atoms with van der Waals surface area (Å²) in [7, 11) is 0. The third-order valence-corrected chi connectivity index (χ3v) is 5.67. The number of carbonyl (C=O) groups is 1. The Hall–Kier alpha value is -2.83. The van der Waals surface area contributed by atoms with Gasteiger partial charge in [0.25, 0.3) is 5.91 Å². The number of aromatic nitrogens is 1. The molecule has 1 aliphatic rings. The highest BCUT2D eigenvalue weighted by Gasteiger charge is 2.33. The highest BCUT2D eigenvalue weighted by molar-refractivity contribution is 6.05. The predicted molar refractivity (Wildman–Crippen MR) is 110 cm³/mol. The van der Waals surface area contributed by atoms with Crippen LogP contribution in [0.15, 0.2) is 60.8 Å². The van der Waals surface area contributed by atoms with Gasteiger partial charge in [0.05, 0.1) is 5.60 Å². The Morgan fingerprint density at radius 1 is 1.10 bits per heavy atom. The molecule has 3 aromatic rings. The minimum absolute atomic E-state index is 0.179. The summed E-state index contributed by atoms with van der Waals surface area (Å²) < 4.78 is 13.1. The quantitative estimate of drug-likeness (QED) is 0.699. The number of likely N-dealkylation sites (tertiary alicyclic amines) is 1.